The molecule has 0 saturated carbocycles. The summed E-state index contributed by atoms with van der Waals surface area (Å²) in [4.78, 5) is 35.5. The molecule has 1 saturated heterocycles. The van der Waals surface area contributed by atoms with E-state index in [1.54, 1.807) is 0 Å². The Kier molecular flexibility index (Phi) is 8.03. The van der Waals surface area contributed by atoms with Crippen molar-refractivity contribution in [3.63, 3.8) is 0 Å². The molecule has 2 aliphatic heterocycles. The first kappa shape index (κ1) is 28.6. The van der Waals surface area contributed by atoms with Crippen LogP contribution in [0.3, 0.4) is 0 Å². The van der Waals surface area contributed by atoms with E-state index >= 15 is 0 Å². The van der Waals surface area contributed by atoms with Crippen LogP contribution < -0.4 is 10.00 Å². The molecule has 0 radical (unpaired) electrons. The van der Waals surface area contributed by atoms with E-state index in [1.807, 2.05) is 83.9 Å². The number of anilines is 2. The molecule has 2 amide bonds. The number of likely N-dealkylation sites (N-methyl/N-ethyl adjacent to an activating group) is 1. The number of pyridine rings is 1. The molecule has 1 atom stereocenters. The third kappa shape index (κ3) is 6.37. The van der Waals surface area contributed by atoms with Crippen molar-refractivity contribution in [3.05, 3.63) is 59.8 Å². The third-order valence-corrected chi connectivity index (χ3v) is 7.89. The first-order chi connectivity index (χ1) is 19.5. The van der Waals surface area contributed by atoms with Gasteiger partial charge in [-0.1, -0.05) is 6.08 Å². The number of carbonyl (C=O) groups is 2. The van der Waals surface area contributed by atoms with E-state index in [-0.39, 0.29) is 12.5 Å². The van der Waals surface area contributed by atoms with E-state index in [4.69, 9.17) is 4.98 Å². The van der Waals surface area contributed by atoms with Gasteiger partial charge in [0.15, 0.2) is 0 Å². The smallest absolute Gasteiger partial charge is 0.339 e. The lowest BCUT2D eigenvalue weighted by Gasteiger charge is -2.26. The summed E-state index contributed by atoms with van der Waals surface area (Å²) < 4.78 is 41.3. The summed E-state index contributed by atoms with van der Waals surface area (Å²) in [5.41, 5.74) is 4.05. The second-order valence-corrected chi connectivity index (χ2v) is 10.8. The highest BCUT2D eigenvalue weighted by molar-refractivity contribution is 5.94. The minimum Gasteiger partial charge on any atom is -0.339 e. The zero-order chi connectivity index (χ0) is 29.3. The van der Waals surface area contributed by atoms with Crippen molar-refractivity contribution in [1.82, 2.24) is 24.2 Å². The molecule has 9 nitrogen and oxygen atoms in total. The second kappa shape index (κ2) is 11.5. The van der Waals surface area contributed by atoms with Crippen LogP contribution in [0.25, 0.3) is 11.2 Å². The molecule has 1 fully saturated rings. The number of nitrogens with zero attached hydrogens (tertiary/aromatic N) is 6. The summed E-state index contributed by atoms with van der Waals surface area (Å²) in [5.74, 6) is 0.149. The van der Waals surface area contributed by atoms with E-state index < -0.39 is 24.9 Å². The molecule has 41 heavy (non-hydrogen) atoms. The Balaban J connectivity index is 1.28. The number of aryl methyl sites for hydroxylation is 1. The van der Waals surface area contributed by atoms with Gasteiger partial charge in [0.25, 0.3) is 11.6 Å². The van der Waals surface area contributed by atoms with Gasteiger partial charge in [0.2, 0.25) is 5.91 Å². The lowest BCUT2D eigenvalue weighted by Crippen LogP contribution is -2.37. The maximum atomic E-state index is 13.0. The summed E-state index contributed by atoms with van der Waals surface area (Å²) in [5, 5.41) is 3.33. The van der Waals surface area contributed by atoms with E-state index in [0.29, 0.717) is 30.5 Å². The van der Waals surface area contributed by atoms with Gasteiger partial charge in [0, 0.05) is 56.0 Å². The number of aromatic nitrogens is 3. The maximum Gasteiger partial charge on any atom is 0.416 e. The number of halogens is 3. The molecular formula is C29H35F3N7O2+. The Morgan fingerprint density at radius 2 is 1.88 bits per heavy atom. The summed E-state index contributed by atoms with van der Waals surface area (Å²) in [6.07, 6.45) is -0.689. The fraction of sp³-hybridized carbons (Fsp3) is 0.448. The van der Waals surface area contributed by atoms with Crippen LogP contribution in [0.5, 0.6) is 0 Å². The van der Waals surface area contributed by atoms with Gasteiger partial charge in [0.1, 0.15) is 0 Å². The van der Waals surface area contributed by atoms with E-state index in [2.05, 4.69) is 10.2 Å². The number of fused-ring (bicyclic) bond motifs is 1. The predicted molar refractivity (Wildman–Crippen MR) is 149 cm³/mol. The highest BCUT2D eigenvalue weighted by Crippen LogP contribution is 2.28. The van der Waals surface area contributed by atoms with Crippen LogP contribution in [-0.2, 0) is 11.8 Å². The average molecular weight is 571 g/mol. The highest BCUT2D eigenvalue weighted by atomic mass is 19.4. The van der Waals surface area contributed by atoms with Gasteiger partial charge in [0.05, 0.1) is 19.2 Å². The van der Waals surface area contributed by atoms with Crippen LogP contribution in [-0.4, -0.2) is 88.5 Å². The van der Waals surface area contributed by atoms with Crippen molar-refractivity contribution in [2.24, 2.45) is 7.05 Å². The van der Waals surface area contributed by atoms with Crippen molar-refractivity contribution in [2.75, 3.05) is 45.6 Å². The minimum absolute atomic E-state index is 0.0326. The Hall–Kier alpha value is -3.93. The Bertz CT molecular complexity index is 1460. The number of alkyl halides is 3. The van der Waals surface area contributed by atoms with Gasteiger partial charge >= 0.3 is 12.1 Å². The Morgan fingerprint density at radius 3 is 2.51 bits per heavy atom. The number of nitrogens with one attached hydrogen (secondary N) is 1. The lowest BCUT2D eigenvalue weighted by atomic mass is 10.00. The fourth-order valence-electron chi connectivity index (χ4n) is 5.38. The molecule has 5 rings (SSSR count). The van der Waals surface area contributed by atoms with Gasteiger partial charge in [-0.05, 0) is 73.9 Å². The number of benzene rings is 1. The molecule has 1 unspecified atom stereocenters. The summed E-state index contributed by atoms with van der Waals surface area (Å²) >= 11 is 0. The topological polar surface area (TPSA) is 77.1 Å². The molecule has 2 aliphatic rings. The van der Waals surface area contributed by atoms with Crippen LogP contribution in [0, 0.1) is 0 Å². The van der Waals surface area contributed by atoms with Gasteiger partial charge in [-0.2, -0.15) is 22.4 Å². The predicted octanol–water partition coefficient (Wildman–Crippen LogP) is 3.64. The monoisotopic (exact) mass is 570 g/mol. The Labute approximate surface area is 236 Å². The first-order valence-corrected chi connectivity index (χ1v) is 13.7. The van der Waals surface area contributed by atoms with Crippen molar-refractivity contribution >= 4 is 34.7 Å². The second-order valence-electron chi connectivity index (χ2n) is 10.8. The van der Waals surface area contributed by atoms with Crippen molar-refractivity contribution < 1.29 is 27.4 Å². The van der Waals surface area contributed by atoms with Crippen molar-refractivity contribution in [1.29, 1.82) is 0 Å². The van der Waals surface area contributed by atoms with Crippen LogP contribution in [0.1, 0.15) is 41.6 Å². The molecule has 3 aromatic rings. The van der Waals surface area contributed by atoms with Gasteiger partial charge in [-0.3, -0.25) is 9.59 Å². The molecule has 1 aromatic carbocycles. The van der Waals surface area contributed by atoms with E-state index in [1.165, 1.54) is 4.90 Å². The number of rotatable bonds is 7. The van der Waals surface area contributed by atoms with Crippen LogP contribution in [0.4, 0.5) is 24.8 Å². The molecule has 4 heterocycles. The average Bonchev–Trinajstić information content (AvgIpc) is 3.57. The van der Waals surface area contributed by atoms with Gasteiger partial charge < -0.3 is 14.7 Å². The zero-order valence-corrected chi connectivity index (χ0v) is 23.5. The third-order valence-electron chi connectivity index (χ3n) is 7.89. The standard InChI is InChI=1S/C29H34F3N7O2/c1-35(2)23-13-18-38(19-23)27(41)21-6-8-22(9-7-21)33-28-34-26-24(5-4-15-39(26)36(28)3)20-11-16-37(17-12-20)25(40)10-14-29(30,31)32/h4-9,11,15,23H,10,12-14,16-19H2,1-3H3/p+1. The first-order valence-electron chi connectivity index (χ1n) is 13.7. The number of hydrogen-bond acceptors (Lipinski definition) is 5. The summed E-state index contributed by atoms with van der Waals surface area (Å²) in [7, 11) is 5.96. The minimum atomic E-state index is -4.34. The molecule has 12 heteroatoms. The van der Waals surface area contributed by atoms with Crippen LogP contribution >= 0.6 is 0 Å². The molecular weight excluding hydrogens is 535 g/mol. The molecule has 0 bridgehead atoms. The normalized spacial score (nSPS) is 17.8. The maximum absolute atomic E-state index is 13.0. The Morgan fingerprint density at radius 1 is 1.12 bits per heavy atom. The van der Waals surface area contributed by atoms with Gasteiger partial charge in [-0.25, -0.2) is 5.32 Å². The number of likely N-dealkylation sites (tertiary alicyclic amines) is 1. The van der Waals surface area contributed by atoms with Gasteiger partial charge in [-0.15, -0.1) is 0 Å². The molecule has 0 aliphatic carbocycles. The fourth-order valence-corrected chi connectivity index (χ4v) is 5.38. The van der Waals surface area contributed by atoms with Crippen LogP contribution in [0.15, 0.2) is 48.7 Å². The molecule has 218 valence electrons. The molecule has 2 aromatic heterocycles. The van der Waals surface area contributed by atoms with E-state index in [9.17, 15) is 22.8 Å². The summed E-state index contributed by atoms with van der Waals surface area (Å²) in [6.45, 7) is 2.11. The largest absolute Gasteiger partial charge is 0.416 e. The van der Waals surface area contributed by atoms with E-state index in [0.717, 1.165) is 42.0 Å². The number of amides is 2. The number of carbonyl (C=O) groups excluding carboxylic acids is 2. The highest BCUT2D eigenvalue weighted by Gasteiger charge is 2.31. The molecule has 0 spiro atoms. The van der Waals surface area contributed by atoms with Crippen molar-refractivity contribution in [2.45, 2.75) is 37.9 Å². The molecule has 1 N–H and O–H groups in total. The summed E-state index contributed by atoms with van der Waals surface area (Å²) in [6, 6.07) is 11.6. The zero-order valence-electron chi connectivity index (χ0n) is 23.5. The lowest BCUT2D eigenvalue weighted by molar-refractivity contribution is -0.725. The number of hydrogen-bond donors (Lipinski definition) is 1. The SMILES string of the molecule is CN(C)C1CCN(C(=O)c2ccc(Nc3nc4c(C5=CCN(C(=O)CCC(F)(F)F)CC5)cccn4[n+]3C)cc2)C1. The van der Waals surface area contributed by atoms with Crippen LogP contribution in [0.2, 0.25) is 0 Å². The van der Waals surface area contributed by atoms with Crippen molar-refractivity contribution in [3.8, 4) is 0 Å². The quantitative estimate of drug-likeness (QED) is 0.439.